The molecule has 0 aliphatic rings. The first-order valence-electron chi connectivity index (χ1n) is 5.82. The van der Waals surface area contributed by atoms with Gasteiger partial charge in [-0.3, -0.25) is 14.7 Å². The first-order chi connectivity index (χ1) is 9.30. The maximum absolute atomic E-state index is 10.3. The van der Waals surface area contributed by atoms with E-state index in [4.69, 9.17) is 15.0 Å². The summed E-state index contributed by atoms with van der Waals surface area (Å²) in [6.07, 6.45) is 0.775. The van der Waals surface area contributed by atoms with E-state index in [9.17, 15) is 18.5 Å². The number of rotatable bonds is 6. The molecule has 0 radical (unpaired) electrons. The lowest BCUT2D eigenvalue weighted by atomic mass is 10.3. The Kier molecular flexibility index (Phi) is 8.45. The summed E-state index contributed by atoms with van der Waals surface area (Å²) in [6.45, 7) is 2.48. The van der Waals surface area contributed by atoms with Crippen LogP contribution in [0.25, 0.3) is 0 Å². The molecule has 1 aromatic carbocycles. The molecule has 9 heteroatoms. The number of hydrogen-bond donors (Lipinski definition) is 2. The van der Waals surface area contributed by atoms with Crippen LogP contribution in [-0.2, 0) is 10.1 Å². The monoisotopic (exact) mass is 306 g/mol. The third-order valence-corrected chi connectivity index (χ3v) is 2.76. The topological polar surface area (TPSA) is 133 Å². The lowest BCUT2D eigenvalue weighted by molar-refractivity contribution is -0.384. The van der Waals surface area contributed by atoms with Crippen molar-refractivity contribution in [2.45, 2.75) is 13.3 Å². The molecule has 0 heterocycles. The fraction of sp³-hybridized carbons (Fsp3) is 0.455. The fourth-order valence-corrected chi connectivity index (χ4v) is 0.937. The van der Waals surface area contributed by atoms with E-state index in [0.29, 0.717) is 18.9 Å². The van der Waals surface area contributed by atoms with E-state index < -0.39 is 15.0 Å². The largest absolute Gasteiger partial charge is 0.494 e. The lowest BCUT2D eigenvalue weighted by Gasteiger charge is -2.03. The summed E-state index contributed by atoms with van der Waals surface area (Å²) in [7, 11) is -3.66. The highest BCUT2D eigenvalue weighted by atomic mass is 32.2. The molecule has 1 aromatic rings. The van der Waals surface area contributed by atoms with Crippen molar-refractivity contribution < 1.29 is 22.6 Å². The molecular weight excluding hydrogens is 288 g/mol. The van der Waals surface area contributed by atoms with Gasteiger partial charge >= 0.3 is 0 Å². The van der Waals surface area contributed by atoms with E-state index in [1.807, 2.05) is 0 Å². The van der Waals surface area contributed by atoms with Gasteiger partial charge in [0.2, 0.25) is 0 Å². The van der Waals surface area contributed by atoms with Crippen LogP contribution in [0.1, 0.15) is 13.3 Å². The number of ether oxygens (including phenoxy) is 1. The van der Waals surface area contributed by atoms with Crippen LogP contribution in [0, 0.1) is 10.1 Å². The molecule has 0 aromatic heterocycles. The minimum absolute atomic E-state index is 0.0659. The Bertz CT molecular complexity index is 500. The van der Waals surface area contributed by atoms with Crippen molar-refractivity contribution >= 4 is 15.8 Å². The third kappa shape index (κ3) is 9.25. The maximum Gasteiger partial charge on any atom is 0.269 e. The highest BCUT2D eigenvalue weighted by Crippen LogP contribution is 2.17. The molecule has 0 unspecified atom stereocenters. The summed E-state index contributed by atoms with van der Waals surface area (Å²) in [4.78, 5) is 9.88. The second kappa shape index (κ2) is 9.23. The van der Waals surface area contributed by atoms with Crippen molar-refractivity contribution in [1.82, 2.24) is 0 Å². The van der Waals surface area contributed by atoms with Crippen molar-refractivity contribution in [3.63, 3.8) is 0 Å². The normalized spacial score (nSPS) is 10.3. The van der Waals surface area contributed by atoms with E-state index in [1.165, 1.54) is 19.1 Å². The first kappa shape index (κ1) is 18.3. The van der Waals surface area contributed by atoms with Crippen LogP contribution in [-0.4, -0.2) is 36.8 Å². The van der Waals surface area contributed by atoms with Crippen molar-refractivity contribution in [2.24, 2.45) is 5.73 Å². The number of nitrogens with zero attached hydrogens (tertiary/aromatic N) is 1. The van der Waals surface area contributed by atoms with E-state index in [1.54, 1.807) is 12.1 Å². The Balaban J connectivity index is 0.000000511. The smallest absolute Gasteiger partial charge is 0.269 e. The summed E-state index contributed by atoms with van der Waals surface area (Å²) in [5.74, 6) is 0.427. The number of benzene rings is 1. The summed E-state index contributed by atoms with van der Waals surface area (Å²) in [5, 5.41) is 10.3. The molecule has 0 saturated heterocycles. The molecule has 0 bridgehead atoms. The highest BCUT2D eigenvalue weighted by molar-refractivity contribution is 7.85. The van der Waals surface area contributed by atoms with Crippen LogP contribution < -0.4 is 10.5 Å². The third-order valence-electron chi connectivity index (χ3n) is 2.03. The van der Waals surface area contributed by atoms with Gasteiger partial charge in [0.1, 0.15) is 5.75 Å². The number of nitro benzene ring substituents is 1. The zero-order valence-corrected chi connectivity index (χ0v) is 11.9. The molecule has 1 rings (SSSR count). The molecule has 0 aliphatic carbocycles. The Hall–Kier alpha value is -1.71. The molecule has 0 atom stereocenters. The molecule has 0 saturated carbocycles. The summed E-state index contributed by atoms with van der Waals surface area (Å²) >= 11 is 0. The van der Waals surface area contributed by atoms with Gasteiger partial charge in [-0.2, -0.15) is 8.42 Å². The first-order valence-corrected chi connectivity index (χ1v) is 7.43. The summed E-state index contributed by atoms with van der Waals surface area (Å²) < 4.78 is 32.2. The molecular formula is C11H18N2O6S. The zero-order chi connectivity index (χ0) is 15.6. The molecule has 8 nitrogen and oxygen atoms in total. The second-order valence-corrected chi connectivity index (χ2v) is 5.35. The van der Waals surface area contributed by atoms with Crippen LogP contribution >= 0.6 is 0 Å². The SMILES string of the molecule is CCS(=O)(=O)O.NCCCOc1ccc([N+](=O)[O-])cc1. The molecule has 114 valence electrons. The minimum atomic E-state index is -3.66. The van der Waals surface area contributed by atoms with Gasteiger partial charge in [-0.25, -0.2) is 0 Å². The van der Waals surface area contributed by atoms with Gasteiger partial charge in [-0.15, -0.1) is 0 Å². The highest BCUT2D eigenvalue weighted by Gasteiger charge is 2.03. The van der Waals surface area contributed by atoms with Crippen LogP contribution in [0.4, 0.5) is 5.69 Å². The standard InChI is InChI=1S/C9H12N2O3.C2H6O3S/c10-6-1-7-14-9-4-2-8(3-5-9)11(12)13;1-2-6(3,4)5/h2-5H,1,6-7,10H2;2H2,1H3,(H,3,4,5). The van der Waals surface area contributed by atoms with E-state index in [-0.39, 0.29) is 11.4 Å². The summed E-state index contributed by atoms with van der Waals surface area (Å²) in [6, 6.07) is 5.98. The van der Waals surface area contributed by atoms with Crippen LogP contribution in [0.15, 0.2) is 24.3 Å². The van der Waals surface area contributed by atoms with Crippen LogP contribution in [0.5, 0.6) is 5.75 Å². The number of non-ortho nitro benzene ring substituents is 1. The maximum atomic E-state index is 10.3. The fourth-order valence-electron chi connectivity index (χ4n) is 0.937. The van der Waals surface area contributed by atoms with E-state index in [2.05, 4.69) is 0 Å². The Labute approximate surface area is 117 Å². The van der Waals surface area contributed by atoms with Crippen molar-refractivity contribution in [3.8, 4) is 5.75 Å². The molecule has 3 N–H and O–H groups in total. The van der Waals surface area contributed by atoms with Gasteiger partial charge in [0.25, 0.3) is 15.8 Å². The van der Waals surface area contributed by atoms with Crippen molar-refractivity contribution in [1.29, 1.82) is 0 Å². The van der Waals surface area contributed by atoms with Gasteiger partial charge in [-0.1, -0.05) is 0 Å². The van der Waals surface area contributed by atoms with Crippen molar-refractivity contribution in [2.75, 3.05) is 18.9 Å². The van der Waals surface area contributed by atoms with Crippen LogP contribution in [0.2, 0.25) is 0 Å². The Morgan fingerprint density at radius 2 is 1.85 bits per heavy atom. The number of nitrogens with two attached hydrogens (primary N) is 1. The average Bonchev–Trinajstić information content (AvgIpc) is 2.39. The molecule has 0 amide bonds. The van der Waals surface area contributed by atoms with Gasteiger partial charge in [0.05, 0.1) is 17.3 Å². The van der Waals surface area contributed by atoms with Crippen molar-refractivity contribution in [3.05, 3.63) is 34.4 Å². The van der Waals surface area contributed by atoms with Gasteiger partial charge in [-0.05, 0) is 32.0 Å². The molecule has 20 heavy (non-hydrogen) atoms. The minimum Gasteiger partial charge on any atom is -0.494 e. The quantitative estimate of drug-likeness (QED) is 0.349. The molecule has 0 spiro atoms. The number of nitro groups is 1. The Morgan fingerprint density at radius 1 is 1.35 bits per heavy atom. The predicted molar refractivity (Wildman–Crippen MR) is 74.4 cm³/mol. The molecule has 0 fully saturated rings. The second-order valence-electron chi connectivity index (χ2n) is 3.61. The number of hydrogen-bond acceptors (Lipinski definition) is 6. The zero-order valence-electron chi connectivity index (χ0n) is 11.1. The van der Waals surface area contributed by atoms with Gasteiger partial charge in [0, 0.05) is 12.1 Å². The molecule has 0 aliphatic heterocycles. The van der Waals surface area contributed by atoms with E-state index in [0.717, 1.165) is 6.42 Å². The van der Waals surface area contributed by atoms with E-state index >= 15 is 0 Å². The average molecular weight is 306 g/mol. The van der Waals surface area contributed by atoms with Crippen LogP contribution in [0.3, 0.4) is 0 Å². The van der Waals surface area contributed by atoms with Gasteiger partial charge in [0.15, 0.2) is 0 Å². The predicted octanol–water partition coefficient (Wildman–Crippen LogP) is 1.22. The summed E-state index contributed by atoms with van der Waals surface area (Å²) in [5.41, 5.74) is 5.35. The van der Waals surface area contributed by atoms with Gasteiger partial charge < -0.3 is 10.5 Å². The lowest BCUT2D eigenvalue weighted by Crippen LogP contribution is -2.05. The Morgan fingerprint density at radius 3 is 2.20 bits per heavy atom.